The summed E-state index contributed by atoms with van der Waals surface area (Å²) in [5.74, 6) is 3.62. The fraction of sp³-hybridized carbons (Fsp3) is 0.235. The molecule has 0 saturated carbocycles. The Morgan fingerprint density at radius 2 is 1.92 bits per heavy atom. The van der Waals surface area contributed by atoms with E-state index in [4.69, 9.17) is 0 Å². The molecule has 0 aliphatic carbocycles. The van der Waals surface area contributed by atoms with Gasteiger partial charge in [-0.2, -0.15) is 0 Å². The molecule has 2 aliphatic rings. The number of hydrogen-bond donors (Lipinski definition) is 0. The molecule has 3 nitrogen and oxygen atoms in total. The maximum absolute atomic E-state index is 4.60. The molecule has 5 heteroatoms. The molecule has 2 heterocycles. The molecule has 0 unspecified atom stereocenters. The summed E-state index contributed by atoms with van der Waals surface area (Å²) >= 11 is 2.13. The number of rotatable bonds is 5. The van der Waals surface area contributed by atoms with Gasteiger partial charge in [0.1, 0.15) is 0 Å². The monoisotopic (exact) mass is 737 g/mol. The first-order chi connectivity index (χ1) is 18.9. The zero-order valence-corrected chi connectivity index (χ0v) is 27.4. The van der Waals surface area contributed by atoms with Crippen molar-refractivity contribution in [1.82, 2.24) is 0 Å². The first kappa shape index (κ1) is 27.9. The van der Waals surface area contributed by atoms with Crippen molar-refractivity contribution < 1.29 is 25.8 Å². The van der Waals surface area contributed by atoms with Crippen LogP contribution >= 0.6 is 22.6 Å². The number of hydrogen-bond acceptors (Lipinski definition) is 2. The van der Waals surface area contributed by atoms with Crippen molar-refractivity contribution in [3.05, 3.63) is 102 Å². The number of anilines is 1. The average Bonchev–Trinajstić information content (AvgIpc) is 3.26. The Hall–Kier alpha value is -2.70. The summed E-state index contributed by atoms with van der Waals surface area (Å²) < 4.78 is 6.42. The fourth-order valence-electron chi connectivity index (χ4n) is 4.94. The van der Waals surface area contributed by atoms with Crippen LogP contribution in [0, 0.1) is 26.0 Å². The van der Waals surface area contributed by atoms with Gasteiger partial charge in [-0.25, -0.2) is 0 Å². The van der Waals surface area contributed by atoms with Crippen LogP contribution in [-0.4, -0.2) is 34.1 Å². The minimum absolute atomic E-state index is 0.217. The van der Waals surface area contributed by atoms with Gasteiger partial charge in [0.15, 0.2) is 0 Å². The summed E-state index contributed by atoms with van der Waals surface area (Å²) in [6, 6.07) is 23.4. The maximum atomic E-state index is 4.60. The Morgan fingerprint density at radius 1 is 1.13 bits per heavy atom. The number of allylic oxidation sites excluding steroid dienone is 3. The van der Waals surface area contributed by atoms with Gasteiger partial charge in [0.05, 0.1) is 0 Å². The van der Waals surface area contributed by atoms with Gasteiger partial charge >= 0.3 is 259 Å². The standard InChI is InChI=1S/C34H33I2N3/c1-6-10-28-24(4)13-16-31-34(28)38(5)32(36-31)21-27(25-11-8-7-9-12-25)18-20-39(23(2)3)33-29-22-37-19-17-26(29)14-15-30(33)35/h6-16,21-23H,17,19H2,1-5H3/b10-6-. The van der Waals surface area contributed by atoms with Crippen LogP contribution < -0.4 is 26.1 Å². The van der Waals surface area contributed by atoms with Gasteiger partial charge in [0.2, 0.25) is 0 Å². The third-order valence-corrected chi connectivity index (χ3v) is 10.9. The number of aryl methyl sites for hydroxylation is 1. The first-order valence-corrected chi connectivity index (χ1v) is 16.5. The van der Waals surface area contributed by atoms with E-state index < -0.39 is 0 Å². The molecule has 3 aromatic rings. The summed E-state index contributed by atoms with van der Waals surface area (Å²) in [5.41, 5.74) is 9.91. The molecule has 0 spiro atoms. The molecule has 0 atom stereocenters. The molecule has 2 aliphatic heterocycles. The average molecular weight is 737 g/mol. The van der Waals surface area contributed by atoms with Gasteiger partial charge in [-0.15, -0.1) is 0 Å². The van der Waals surface area contributed by atoms with Gasteiger partial charge in [0.25, 0.3) is 0 Å². The predicted molar refractivity (Wildman–Crippen MR) is 171 cm³/mol. The zero-order chi connectivity index (χ0) is 27.5. The predicted octanol–water partition coefficient (Wildman–Crippen LogP) is 4.51. The molecule has 5 rings (SSSR count). The van der Waals surface area contributed by atoms with E-state index in [0.29, 0.717) is 0 Å². The first-order valence-electron chi connectivity index (χ1n) is 13.3. The van der Waals surface area contributed by atoms with Crippen molar-refractivity contribution in [2.75, 3.05) is 18.5 Å². The molecule has 0 aromatic heterocycles. The summed E-state index contributed by atoms with van der Waals surface area (Å²) in [4.78, 5) is 6.83. The number of aliphatic imine (C=N–C) groups is 1. The molecule has 0 N–H and O–H groups in total. The normalized spacial score (nSPS) is 14.7. The van der Waals surface area contributed by atoms with E-state index in [1.165, 1.54) is 44.5 Å². The zero-order valence-electron chi connectivity index (χ0n) is 23.1. The molecular weight excluding hydrogens is 704 g/mol. The SMILES string of the molecule is C/C=C\c1c(C)ccc2c1[N+](C)=C(/C=C(/C#CN(c1c(I)ccc3c1C=NCC3)C(C)C)c1ccccc1)[I-]2. The van der Waals surface area contributed by atoms with Crippen LogP contribution in [0.15, 0.2) is 71.7 Å². The Morgan fingerprint density at radius 3 is 2.67 bits per heavy atom. The Kier molecular flexibility index (Phi) is 8.73. The van der Waals surface area contributed by atoms with Crippen molar-refractivity contribution in [2.24, 2.45) is 4.99 Å². The second-order valence-electron chi connectivity index (χ2n) is 9.98. The minimum atomic E-state index is -0.315. The van der Waals surface area contributed by atoms with Crippen LogP contribution in [-0.2, 0) is 6.42 Å². The molecule has 3 aromatic carbocycles. The second-order valence-corrected chi connectivity index (χ2v) is 14.0. The van der Waals surface area contributed by atoms with Crippen LogP contribution in [0.5, 0.6) is 0 Å². The molecule has 0 fully saturated rings. The molecular formula is C34H33I2N3. The molecule has 0 bridgehead atoms. The van der Waals surface area contributed by atoms with Crippen molar-refractivity contribution in [1.29, 1.82) is 0 Å². The molecule has 198 valence electrons. The number of nitrogens with zero attached hydrogens (tertiary/aromatic N) is 3. The summed E-state index contributed by atoms with van der Waals surface area (Å²) in [6.45, 7) is 9.57. The topological polar surface area (TPSA) is 18.6 Å². The molecule has 0 saturated heterocycles. The Bertz CT molecular complexity index is 1600. The summed E-state index contributed by atoms with van der Waals surface area (Å²) in [5, 5.41) is 0. The Labute approximate surface area is 256 Å². The number of benzene rings is 3. The van der Waals surface area contributed by atoms with Crippen molar-refractivity contribution in [3.63, 3.8) is 0 Å². The molecule has 0 radical (unpaired) electrons. The van der Waals surface area contributed by atoms with Crippen LogP contribution in [0.1, 0.15) is 48.6 Å². The van der Waals surface area contributed by atoms with Crippen LogP contribution in [0.3, 0.4) is 0 Å². The Balaban J connectivity index is 1.63. The van der Waals surface area contributed by atoms with Crippen LogP contribution in [0.25, 0.3) is 11.6 Å². The second kappa shape index (κ2) is 12.2. The van der Waals surface area contributed by atoms with E-state index in [-0.39, 0.29) is 27.2 Å². The van der Waals surface area contributed by atoms with E-state index in [1.807, 2.05) is 6.21 Å². The van der Waals surface area contributed by atoms with E-state index in [1.54, 1.807) is 0 Å². The summed E-state index contributed by atoms with van der Waals surface area (Å²) in [7, 11) is 2.21. The fourth-order valence-corrected chi connectivity index (χ4v) is 8.60. The van der Waals surface area contributed by atoms with Gasteiger partial charge in [-0.1, -0.05) is 0 Å². The quantitative estimate of drug-likeness (QED) is 0.163. The van der Waals surface area contributed by atoms with Crippen molar-refractivity contribution in [2.45, 2.75) is 40.2 Å². The molecule has 39 heavy (non-hydrogen) atoms. The molecule has 0 amide bonds. The van der Waals surface area contributed by atoms with Gasteiger partial charge in [-0.3, -0.25) is 0 Å². The number of halogens is 2. The summed E-state index contributed by atoms with van der Waals surface area (Å²) in [6.07, 6.45) is 9.73. The van der Waals surface area contributed by atoms with Crippen molar-refractivity contribution >= 4 is 55.5 Å². The van der Waals surface area contributed by atoms with Gasteiger partial charge in [-0.05, 0) is 0 Å². The van der Waals surface area contributed by atoms with Crippen molar-refractivity contribution in [3.8, 4) is 12.0 Å². The third-order valence-electron chi connectivity index (χ3n) is 6.98. The van der Waals surface area contributed by atoms with E-state index in [9.17, 15) is 0 Å². The third kappa shape index (κ3) is 5.78. The number of fused-ring (bicyclic) bond motifs is 2. The van der Waals surface area contributed by atoms with Crippen LogP contribution in [0.2, 0.25) is 0 Å². The van der Waals surface area contributed by atoms with Crippen LogP contribution in [0.4, 0.5) is 11.4 Å². The van der Waals surface area contributed by atoms with E-state index in [0.717, 1.165) is 24.1 Å². The van der Waals surface area contributed by atoms with Gasteiger partial charge < -0.3 is 0 Å². The van der Waals surface area contributed by atoms with E-state index in [2.05, 4.69) is 157 Å². The van der Waals surface area contributed by atoms with E-state index >= 15 is 0 Å². The van der Waals surface area contributed by atoms with Gasteiger partial charge in [0, 0.05) is 0 Å².